The van der Waals surface area contributed by atoms with E-state index in [1.807, 2.05) is 0 Å². The lowest BCUT2D eigenvalue weighted by atomic mass is 10.2. The third-order valence-electron chi connectivity index (χ3n) is 4.40. The maximum Gasteiger partial charge on any atom is 0.351 e. The second-order valence-corrected chi connectivity index (χ2v) is 6.24. The third kappa shape index (κ3) is 4.07. The van der Waals surface area contributed by atoms with Crippen LogP contribution in [0.3, 0.4) is 0 Å². The standard InChI is InChI=1S/C20H19FN4O5/c1-24-19(27)17(23-25(20(24)28)14-7-5-13(21)6-8-14)18(26)22-11-12-4-9-15(29-2)10-16(12)30-3/h4-10H,11H2,1-3H3,(H,22,26). The summed E-state index contributed by atoms with van der Waals surface area (Å²) in [6, 6.07) is 10.00. The van der Waals surface area contributed by atoms with E-state index >= 15 is 0 Å². The van der Waals surface area contributed by atoms with Crippen LogP contribution >= 0.6 is 0 Å². The van der Waals surface area contributed by atoms with Crippen LogP contribution in [0.15, 0.2) is 52.1 Å². The lowest BCUT2D eigenvalue weighted by Gasteiger charge is -2.12. The average Bonchev–Trinajstić information content (AvgIpc) is 2.76. The van der Waals surface area contributed by atoms with Crippen molar-refractivity contribution in [1.29, 1.82) is 0 Å². The van der Waals surface area contributed by atoms with E-state index in [1.165, 1.54) is 33.4 Å². The molecule has 0 radical (unpaired) electrons. The Hall–Kier alpha value is -3.95. The maximum atomic E-state index is 13.2. The van der Waals surface area contributed by atoms with Crippen molar-refractivity contribution < 1.29 is 18.7 Å². The second-order valence-electron chi connectivity index (χ2n) is 6.24. The van der Waals surface area contributed by atoms with Gasteiger partial charge in [0.2, 0.25) is 5.69 Å². The molecule has 0 aliphatic heterocycles. The van der Waals surface area contributed by atoms with Gasteiger partial charge in [-0.1, -0.05) is 0 Å². The fourth-order valence-corrected chi connectivity index (χ4v) is 2.72. The summed E-state index contributed by atoms with van der Waals surface area (Å²) in [5.74, 6) is -0.192. The Kier molecular flexibility index (Phi) is 5.95. The van der Waals surface area contributed by atoms with E-state index < -0.39 is 28.7 Å². The first kappa shape index (κ1) is 20.8. The molecule has 1 aromatic heterocycles. The highest BCUT2D eigenvalue weighted by atomic mass is 19.1. The van der Waals surface area contributed by atoms with Gasteiger partial charge in [0.15, 0.2) is 0 Å². The first-order valence-electron chi connectivity index (χ1n) is 8.81. The van der Waals surface area contributed by atoms with Crippen LogP contribution in [0.4, 0.5) is 4.39 Å². The van der Waals surface area contributed by atoms with Crippen molar-refractivity contribution in [2.45, 2.75) is 6.54 Å². The Labute approximate surface area is 170 Å². The number of aromatic nitrogens is 3. The molecule has 156 valence electrons. The van der Waals surface area contributed by atoms with E-state index in [1.54, 1.807) is 18.2 Å². The molecule has 1 amide bonds. The maximum absolute atomic E-state index is 13.2. The first-order chi connectivity index (χ1) is 14.3. The number of nitrogens with zero attached hydrogens (tertiary/aromatic N) is 3. The molecule has 0 aliphatic rings. The molecule has 10 heteroatoms. The fraction of sp³-hybridized carbons (Fsp3) is 0.200. The molecule has 0 fully saturated rings. The highest BCUT2D eigenvalue weighted by Gasteiger charge is 2.19. The number of methoxy groups -OCH3 is 2. The first-order valence-corrected chi connectivity index (χ1v) is 8.81. The predicted octanol–water partition coefficient (Wildman–Crippen LogP) is 1.02. The minimum atomic E-state index is -0.849. The zero-order chi connectivity index (χ0) is 21.8. The molecular weight excluding hydrogens is 395 g/mol. The van der Waals surface area contributed by atoms with E-state index in [2.05, 4.69) is 10.4 Å². The number of nitrogens with one attached hydrogen (secondary N) is 1. The summed E-state index contributed by atoms with van der Waals surface area (Å²) < 4.78 is 25.2. The van der Waals surface area contributed by atoms with Crippen LogP contribution in [-0.2, 0) is 13.6 Å². The Balaban J connectivity index is 1.92. The van der Waals surface area contributed by atoms with Crippen molar-refractivity contribution in [1.82, 2.24) is 19.7 Å². The van der Waals surface area contributed by atoms with E-state index in [9.17, 15) is 18.8 Å². The van der Waals surface area contributed by atoms with E-state index in [0.717, 1.165) is 21.4 Å². The predicted molar refractivity (Wildman–Crippen MR) is 106 cm³/mol. The number of amides is 1. The van der Waals surface area contributed by atoms with Crippen LogP contribution in [0.25, 0.3) is 5.69 Å². The molecule has 0 spiro atoms. The molecule has 2 aromatic carbocycles. The van der Waals surface area contributed by atoms with Crippen molar-refractivity contribution >= 4 is 5.91 Å². The Morgan fingerprint density at radius 1 is 1.10 bits per heavy atom. The van der Waals surface area contributed by atoms with E-state index in [0.29, 0.717) is 17.1 Å². The minimum absolute atomic E-state index is 0.0481. The number of rotatable bonds is 6. The van der Waals surface area contributed by atoms with Crippen molar-refractivity contribution in [2.75, 3.05) is 14.2 Å². The summed E-state index contributed by atoms with van der Waals surface area (Å²) in [4.78, 5) is 37.4. The molecule has 0 saturated carbocycles. The molecule has 1 N–H and O–H groups in total. The summed E-state index contributed by atoms with van der Waals surface area (Å²) in [6.07, 6.45) is 0. The molecule has 0 aliphatic carbocycles. The molecule has 0 saturated heterocycles. The number of hydrogen-bond acceptors (Lipinski definition) is 6. The SMILES string of the molecule is COc1ccc(CNC(=O)c2nn(-c3ccc(F)cc3)c(=O)n(C)c2=O)c(OC)c1. The van der Waals surface area contributed by atoms with E-state index in [-0.39, 0.29) is 12.2 Å². The van der Waals surface area contributed by atoms with Gasteiger partial charge < -0.3 is 14.8 Å². The number of ether oxygens (including phenoxy) is 2. The molecule has 3 aromatic rings. The zero-order valence-corrected chi connectivity index (χ0v) is 16.5. The van der Waals surface area contributed by atoms with Gasteiger partial charge in [-0.25, -0.2) is 9.18 Å². The quantitative estimate of drug-likeness (QED) is 0.646. The van der Waals surface area contributed by atoms with Gasteiger partial charge in [-0.15, -0.1) is 0 Å². The van der Waals surface area contributed by atoms with Crippen molar-refractivity contribution in [3.8, 4) is 17.2 Å². The van der Waals surface area contributed by atoms with Gasteiger partial charge in [0.1, 0.15) is 17.3 Å². The second kappa shape index (κ2) is 8.60. The van der Waals surface area contributed by atoms with Crippen molar-refractivity contribution in [3.05, 3.63) is 80.4 Å². The molecule has 0 unspecified atom stereocenters. The van der Waals surface area contributed by atoms with Gasteiger partial charge in [0.05, 0.1) is 19.9 Å². The third-order valence-corrected chi connectivity index (χ3v) is 4.40. The molecule has 0 atom stereocenters. The van der Waals surface area contributed by atoms with Crippen molar-refractivity contribution in [3.63, 3.8) is 0 Å². The summed E-state index contributed by atoms with van der Waals surface area (Å²) in [7, 11) is 4.24. The highest BCUT2D eigenvalue weighted by Crippen LogP contribution is 2.24. The largest absolute Gasteiger partial charge is 0.497 e. The van der Waals surface area contributed by atoms with E-state index in [4.69, 9.17) is 9.47 Å². The molecule has 3 rings (SSSR count). The number of benzene rings is 2. The van der Waals surface area contributed by atoms with Gasteiger partial charge in [0.25, 0.3) is 11.5 Å². The van der Waals surface area contributed by atoms with Gasteiger partial charge in [-0.3, -0.25) is 14.2 Å². The van der Waals surface area contributed by atoms with Crippen LogP contribution in [0, 0.1) is 5.82 Å². The lowest BCUT2D eigenvalue weighted by Crippen LogP contribution is -2.44. The lowest BCUT2D eigenvalue weighted by molar-refractivity contribution is 0.0941. The monoisotopic (exact) mass is 414 g/mol. The molecule has 0 bridgehead atoms. The fourth-order valence-electron chi connectivity index (χ4n) is 2.72. The highest BCUT2D eigenvalue weighted by molar-refractivity contribution is 5.91. The smallest absolute Gasteiger partial charge is 0.351 e. The summed E-state index contributed by atoms with van der Waals surface area (Å²) in [5.41, 5.74) is -1.23. The van der Waals surface area contributed by atoms with Gasteiger partial charge >= 0.3 is 5.69 Å². The number of hydrogen-bond donors (Lipinski definition) is 1. The Bertz CT molecular complexity index is 1200. The van der Waals surface area contributed by atoms with Gasteiger partial charge in [-0.05, 0) is 36.4 Å². The molecular formula is C20H19FN4O5. The molecule has 30 heavy (non-hydrogen) atoms. The molecule has 1 heterocycles. The topological polar surface area (TPSA) is 104 Å². The summed E-state index contributed by atoms with van der Waals surface area (Å²) in [6.45, 7) is 0.0481. The van der Waals surface area contributed by atoms with Crippen LogP contribution in [-0.4, -0.2) is 34.5 Å². The van der Waals surface area contributed by atoms with Gasteiger partial charge in [-0.2, -0.15) is 9.78 Å². The summed E-state index contributed by atoms with van der Waals surface area (Å²) >= 11 is 0. The minimum Gasteiger partial charge on any atom is -0.497 e. The van der Waals surface area contributed by atoms with Gasteiger partial charge in [0, 0.05) is 25.2 Å². The van der Waals surface area contributed by atoms with Crippen LogP contribution in [0.5, 0.6) is 11.5 Å². The van der Waals surface area contributed by atoms with Crippen LogP contribution in [0.1, 0.15) is 16.1 Å². The van der Waals surface area contributed by atoms with Crippen molar-refractivity contribution in [2.24, 2.45) is 7.05 Å². The Morgan fingerprint density at radius 2 is 1.80 bits per heavy atom. The van der Waals surface area contributed by atoms with Crippen LogP contribution < -0.4 is 26.0 Å². The normalized spacial score (nSPS) is 10.5. The number of carbonyl (C=O) groups excluding carboxylic acids is 1. The van der Waals surface area contributed by atoms with Crippen LogP contribution in [0.2, 0.25) is 0 Å². The molecule has 9 nitrogen and oxygen atoms in total. The Morgan fingerprint density at radius 3 is 2.43 bits per heavy atom. The number of carbonyl (C=O) groups is 1. The average molecular weight is 414 g/mol. The zero-order valence-electron chi connectivity index (χ0n) is 16.5. The summed E-state index contributed by atoms with van der Waals surface area (Å²) in [5, 5.41) is 6.49. The number of halogens is 1.